The number of carbonyl (C=O) groups excluding carboxylic acids is 1. The van der Waals surface area contributed by atoms with Crippen LogP contribution in [0.1, 0.15) is 5.56 Å². The number of amides is 1. The number of hydrazone groups is 1. The van der Waals surface area contributed by atoms with Crippen LogP contribution >= 0.6 is 0 Å². The van der Waals surface area contributed by atoms with Crippen molar-refractivity contribution in [2.24, 2.45) is 5.10 Å². The average molecular weight is 334 g/mol. The molecule has 0 spiro atoms. The molecule has 0 radical (unpaired) electrons. The van der Waals surface area contributed by atoms with Crippen LogP contribution in [0.25, 0.3) is 11.0 Å². The summed E-state index contributed by atoms with van der Waals surface area (Å²) in [6.45, 7) is 0.302. The zero-order chi connectivity index (χ0) is 17.6. The van der Waals surface area contributed by atoms with Gasteiger partial charge in [-0.25, -0.2) is 4.79 Å². The molecular weight excluding hydrogens is 320 g/mol. The smallest absolute Gasteiger partial charge is 0.323 e. The number of nitrogens with zero attached hydrogens (tertiary/aromatic N) is 2. The van der Waals surface area contributed by atoms with Crippen LogP contribution in [0.2, 0.25) is 0 Å². The van der Waals surface area contributed by atoms with Gasteiger partial charge in [0.1, 0.15) is 6.07 Å². The summed E-state index contributed by atoms with van der Waals surface area (Å²) in [6, 6.07) is 16.1. The van der Waals surface area contributed by atoms with Crippen LogP contribution in [0, 0.1) is 11.3 Å². The van der Waals surface area contributed by atoms with Gasteiger partial charge in [-0.15, -0.1) is 0 Å². The van der Waals surface area contributed by atoms with Crippen LogP contribution in [0.15, 0.2) is 58.4 Å². The number of hydrogen-bond donors (Lipinski definition) is 4. The quantitative estimate of drug-likeness (QED) is 0.416. The second-order valence-electron chi connectivity index (χ2n) is 5.19. The van der Waals surface area contributed by atoms with Crippen LogP contribution in [0.3, 0.4) is 0 Å². The molecule has 8 heteroatoms. The molecular formula is C17H14N6O2. The lowest BCUT2D eigenvalue weighted by Gasteiger charge is -2.04. The third-order valence-electron chi connectivity index (χ3n) is 3.43. The topological polar surface area (TPSA) is 126 Å². The van der Waals surface area contributed by atoms with E-state index in [2.05, 4.69) is 25.8 Å². The molecule has 1 amide bonds. The number of anilines is 1. The largest absolute Gasteiger partial charge is 0.346 e. The number of rotatable bonds is 5. The number of imidazole rings is 1. The van der Waals surface area contributed by atoms with E-state index in [4.69, 9.17) is 5.26 Å². The molecule has 0 aliphatic heterocycles. The van der Waals surface area contributed by atoms with Crippen LogP contribution in [-0.4, -0.2) is 21.6 Å². The van der Waals surface area contributed by atoms with Gasteiger partial charge in [-0.1, -0.05) is 30.3 Å². The SMILES string of the molecule is N#C/C(=N\Nc1ccc2[nH]c(=O)[nH]c2c1)C(=O)NCc1ccccc1. The molecule has 0 aliphatic carbocycles. The molecule has 2 aromatic carbocycles. The zero-order valence-electron chi connectivity index (χ0n) is 13.0. The molecule has 3 rings (SSSR count). The average Bonchev–Trinajstić information content (AvgIpc) is 3.00. The maximum absolute atomic E-state index is 12.0. The van der Waals surface area contributed by atoms with Gasteiger partial charge >= 0.3 is 5.69 Å². The monoisotopic (exact) mass is 334 g/mol. The third kappa shape index (κ3) is 3.92. The number of carbonyl (C=O) groups is 1. The highest BCUT2D eigenvalue weighted by atomic mass is 16.2. The molecule has 0 fully saturated rings. The van der Waals surface area contributed by atoms with E-state index in [1.54, 1.807) is 24.3 Å². The van der Waals surface area contributed by atoms with Gasteiger partial charge in [-0.3, -0.25) is 10.2 Å². The van der Waals surface area contributed by atoms with Crippen molar-refractivity contribution >= 4 is 28.3 Å². The predicted molar refractivity (Wildman–Crippen MR) is 93.9 cm³/mol. The summed E-state index contributed by atoms with van der Waals surface area (Å²) in [7, 11) is 0. The highest BCUT2D eigenvalue weighted by Crippen LogP contribution is 2.14. The number of benzene rings is 2. The van der Waals surface area contributed by atoms with E-state index in [0.29, 0.717) is 23.3 Å². The van der Waals surface area contributed by atoms with E-state index in [9.17, 15) is 9.59 Å². The van der Waals surface area contributed by atoms with E-state index < -0.39 is 5.91 Å². The second-order valence-corrected chi connectivity index (χ2v) is 5.19. The summed E-state index contributed by atoms with van der Waals surface area (Å²) in [6.07, 6.45) is 0. The molecule has 8 nitrogen and oxygen atoms in total. The minimum Gasteiger partial charge on any atom is -0.346 e. The first-order valence-corrected chi connectivity index (χ1v) is 7.43. The lowest BCUT2D eigenvalue weighted by Crippen LogP contribution is -2.30. The first kappa shape index (κ1) is 16.0. The lowest BCUT2D eigenvalue weighted by molar-refractivity contribution is -0.114. The Hall–Kier alpha value is -3.86. The van der Waals surface area contributed by atoms with Crippen molar-refractivity contribution in [3.8, 4) is 6.07 Å². The van der Waals surface area contributed by atoms with Gasteiger partial charge in [0.25, 0.3) is 5.91 Å². The van der Waals surface area contributed by atoms with Crippen molar-refractivity contribution in [2.45, 2.75) is 6.54 Å². The van der Waals surface area contributed by atoms with Gasteiger partial charge < -0.3 is 15.3 Å². The van der Waals surface area contributed by atoms with Crippen LogP contribution < -0.4 is 16.4 Å². The van der Waals surface area contributed by atoms with Gasteiger partial charge in [0.2, 0.25) is 5.71 Å². The summed E-state index contributed by atoms with van der Waals surface area (Å²) < 4.78 is 0. The fourth-order valence-corrected chi connectivity index (χ4v) is 2.21. The first-order valence-electron chi connectivity index (χ1n) is 7.43. The Kier molecular flexibility index (Phi) is 4.58. The number of fused-ring (bicyclic) bond motifs is 1. The minimum absolute atomic E-state index is 0.293. The molecule has 25 heavy (non-hydrogen) atoms. The molecule has 1 heterocycles. The third-order valence-corrected chi connectivity index (χ3v) is 3.43. The summed E-state index contributed by atoms with van der Waals surface area (Å²) in [5.41, 5.74) is 4.74. The number of nitrogens with one attached hydrogen (secondary N) is 4. The summed E-state index contributed by atoms with van der Waals surface area (Å²) in [4.78, 5) is 28.5. The van der Waals surface area contributed by atoms with Crippen molar-refractivity contribution in [3.05, 3.63) is 64.6 Å². The molecule has 0 saturated heterocycles. The minimum atomic E-state index is -0.574. The van der Waals surface area contributed by atoms with Crippen molar-refractivity contribution in [3.63, 3.8) is 0 Å². The number of aromatic amines is 2. The summed E-state index contributed by atoms with van der Waals surface area (Å²) >= 11 is 0. The van der Waals surface area contributed by atoms with Crippen molar-refractivity contribution in [1.82, 2.24) is 15.3 Å². The maximum atomic E-state index is 12.0. The summed E-state index contributed by atoms with van der Waals surface area (Å²) in [5, 5.41) is 15.6. The number of H-pyrrole nitrogens is 2. The van der Waals surface area contributed by atoms with E-state index in [1.807, 2.05) is 30.3 Å². The van der Waals surface area contributed by atoms with Gasteiger partial charge in [-0.05, 0) is 23.8 Å². The van der Waals surface area contributed by atoms with Crippen LogP contribution in [-0.2, 0) is 11.3 Å². The number of aromatic nitrogens is 2. The van der Waals surface area contributed by atoms with Crippen LogP contribution in [0.4, 0.5) is 5.69 Å². The molecule has 0 aliphatic rings. The highest BCUT2D eigenvalue weighted by Gasteiger charge is 2.10. The van der Waals surface area contributed by atoms with E-state index in [1.165, 1.54) is 0 Å². The Morgan fingerprint density at radius 2 is 1.88 bits per heavy atom. The number of hydrogen-bond acceptors (Lipinski definition) is 5. The first-order chi connectivity index (χ1) is 12.2. The van der Waals surface area contributed by atoms with Gasteiger partial charge in [0.15, 0.2) is 0 Å². The Balaban J connectivity index is 1.67. The predicted octanol–water partition coefficient (Wildman–Crippen LogP) is 1.46. The fourth-order valence-electron chi connectivity index (χ4n) is 2.21. The second kappa shape index (κ2) is 7.14. The molecule has 4 N–H and O–H groups in total. The highest BCUT2D eigenvalue weighted by molar-refractivity contribution is 6.45. The van der Waals surface area contributed by atoms with Gasteiger partial charge in [0.05, 0.1) is 16.7 Å². The standard InChI is InChI=1S/C17H14N6O2/c18-9-15(16(24)19-10-11-4-2-1-3-5-11)23-22-12-6-7-13-14(8-12)21-17(25)20-13/h1-8,22H,10H2,(H,19,24)(H2,20,21,25)/b23-15+. The van der Waals surface area contributed by atoms with Crippen molar-refractivity contribution in [2.75, 3.05) is 5.43 Å². The normalized spacial score (nSPS) is 11.1. The van der Waals surface area contributed by atoms with Gasteiger partial charge in [-0.2, -0.15) is 10.4 Å². The molecule has 3 aromatic rings. The molecule has 0 atom stereocenters. The van der Waals surface area contributed by atoms with E-state index in [-0.39, 0.29) is 11.4 Å². The Morgan fingerprint density at radius 1 is 1.12 bits per heavy atom. The van der Waals surface area contributed by atoms with Gasteiger partial charge in [0, 0.05) is 6.54 Å². The van der Waals surface area contributed by atoms with Crippen molar-refractivity contribution in [1.29, 1.82) is 5.26 Å². The Morgan fingerprint density at radius 3 is 2.64 bits per heavy atom. The molecule has 0 unspecified atom stereocenters. The fraction of sp³-hybridized carbons (Fsp3) is 0.0588. The Bertz CT molecular complexity index is 1030. The maximum Gasteiger partial charge on any atom is 0.323 e. The van der Waals surface area contributed by atoms with E-state index in [0.717, 1.165) is 5.56 Å². The zero-order valence-corrected chi connectivity index (χ0v) is 13.0. The molecule has 1 aromatic heterocycles. The van der Waals surface area contributed by atoms with Crippen molar-refractivity contribution < 1.29 is 4.79 Å². The lowest BCUT2D eigenvalue weighted by atomic mass is 10.2. The summed E-state index contributed by atoms with van der Waals surface area (Å²) in [5.74, 6) is -0.574. The molecule has 124 valence electrons. The van der Waals surface area contributed by atoms with E-state index >= 15 is 0 Å². The number of nitriles is 1. The molecule has 0 bridgehead atoms. The Labute approximate surface area is 142 Å². The van der Waals surface area contributed by atoms with Crippen LogP contribution in [0.5, 0.6) is 0 Å². The molecule has 0 saturated carbocycles.